The lowest BCUT2D eigenvalue weighted by Crippen LogP contribution is -2.49. The highest BCUT2D eigenvalue weighted by Crippen LogP contribution is 2.20. The van der Waals surface area contributed by atoms with E-state index in [0.717, 1.165) is 58.0 Å². The van der Waals surface area contributed by atoms with Crippen molar-refractivity contribution in [3.63, 3.8) is 0 Å². The number of piperidine rings is 1. The summed E-state index contributed by atoms with van der Waals surface area (Å²) >= 11 is 0. The predicted molar refractivity (Wildman–Crippen MR) is 124 cm³/mol. The molecule has 1 saturated carbocycles. The Hall–Kier alpha value is -0.770. The van der Waals surface area contributed by atoms with Crippen LogP contribution in [0.2, 0.25) is 0 Å². The smallest absolute Gasteiger partial charge is 0.409 e. The molecule has 1 aliphatic carbocycles. The summed E-state index contributed by atoms with van der Waals surface area (Å²) in [6.07, 6.45) is 9.47. The Labute approximate surface area is 187 Å². The minimum Gasteiger partial charge on any atom is -0.450 e. The molecule has 0 unspecified atom stereocenters. The molecule has 2 N–H and O–H groups in total. The van der Waals surface area contributed by atoms with Gasteiger partial charge < -0.3 is 25.0 Å². The molecular weight excluding hydrogens is 471 g/mol. The van der Waals surface area contributed by atoms with Crippen LogP contribution in [0.3, 0.4) is 0 Å². The zero-order chi connectivity index (χ0) is 19.3. The van der Waals surface area contributed by atoms with Gasteiger partial charge in [-0.2, -0.15) is 0 Å². The van der Waals surface area contributed by atoms with E-state index in [1.54, 1.807) is 4.90 Å². The van der Waals surface area contributed by atoms with E-state index in [4.69, 9.17) is 9.47 Å². The van der Waals surface area contributed by atoms with Gasteiger partial charge in [0.2, 0.25) is 0 Å². The number of hydrogen-bond acceptors (Lipinski definition) is 4. The Balaban J connectivity index is 0.00000392. The maximum Gasteiger partial charge on any atom is 0.409 e. The first-order chi connectivity index (χ1) is 13.2. The SMILES string of the molecule is CCNC(=NCCCOC1CCCCC1)NC1CCN(C(=O)OCC)CC1.I. The third-order valence-electron chi connectivity index (χ3n) is 5.18. The maximum atomic E-state index is 11.8. The first kappa shape index (κ1) is 25.3. The number of amides is 1. The molecule has 0 spiro atoms. The summed E-state index contributed by atoms with van der Waals surface area (Å²) in [6, 6.07) is 0.340. The summed E-state index contributed by atoms with van der Waals surface area (Å²) in [4.78, 5) is 18.3. The average Bonchev–Trinajstić information content (AvgIpc) is 2.69. The van der Waals surface area contributed by atoms with Gasteiger partial charge in [0.05, 0.1) is 12.7 Å². The van der Waals surface area contributed by atoms with Gasteiger partial charge in [-0.1, -0.05) is 19.3 Å². The van der Waals surface area contributed by atoms with Gasteiger partial charge in [0, 0.05) is 38.8 Å². The highest BCUT2D eigenvalue weighted by molar-refractivity contribution is 14.0. The second-order valence-corrected chi connectivity index (χ2v) is 7.35. The van der Waals surface area contributed by atoms with Gasteiger partial charge in [-0.05, 0) is 46.0 Å². The molecule has 0 atom stereocenters. The zero-order valence-corrected chi connectivity index (χ0v) is 19.9. The number of nitrogens with one attached hydrogen (secondary N) is 2. The van der Waals surface area contributed by atoms with Gasteiger partial charge in [-0.3, -0.25) is 4.99 Å². The summed E-state index contributed by atoms with van der Waals surface area (Å²) in [7, 11) is 0. The Bertz CT molecular complexity index is 451. The molecule has 2 aliphatic rings. The number of carbonyl (C=O) groups excluding carboxylic acids is 1. The van der Waals surface area contributed by atoms with Gasteiger partial charge in [-0.25, -0.2) is 4.79 Å². The number of likely N-dealkylation sites (tertiary alicyclic amines) is 1. The molecule has 8 heteroatoms. The second-order valence-electron chi connectivity index (χ2n) is 7.35. The molecule has 0 aromatic carbocycles. The van der Waals surface area contributed by atoms with Crippen LogP contribution in [0.1, 0.15) is 65.2 Å². The summed E-state index contributed by atoms with van der Waals surface area (Å²) in [5.74, 6) is 0.866. The average molecular weight is 510 g/mol. The first-order valence-corrected chi connectivity index (χ1v) is 10.8. The Morgan fingerprint density at radius 1 is 1.11 bits per heavy atom. The summed E-state index contributed by atoms with van der Waals surface area (Å²) in [5, 5.41) is 6.83. The number of nitrogens with zero attached hydrogens (tertiary/aromatic N) is 2. The lowest BCUT2D eigenvalue weighted by Gasteiger charge is -2.32. The summed E-state index contributed by atoms with van der Waals surface area (Å²) < 4.78 is 11.0. The Morgan fingerprint density at radius 3 is 2.46 bits per heavy atom. The molecule has 1 saturated heterocycles. The van der Waals surface area contributed by atoms with Crippen LogP contribution < -0.4 is 10.6 Å². The van der Waals surface area contributed by atoms with Crippen molar-refractivity contribution in [1.82, 2.24) is 15.5 Å². The van der Waals surface area contributed by atoms with Crippen LogP contribution in [-0.2, 0) is 9.47 Å². The second kappa shape index (κ2) is 15.1. The molecule has 0 radical (unpaired) electrons. The molecule has 1 heterocycles. The fourth-order valence-corrected chi connectivity index (χ4v) is 3.67. The molecule has 7 nitrogen and oxygen atoms in total. The predicted octanol–water partition coefficient (Wildman–Crippen LogP) is 3.52. The van der Waals surface area contributed by atoms with E-state index < -0.39 is 0 Å². The van der Waals surface area contributed by atoms with E-state index >= 15 is 0 Å². The highest BCUT2D eigenvalue weighted by atomic mass is 127. The van der Waals surface area contributed by atoms with Crippen LogP contribution >= 0.6 is 24.0 Å². The minimum absolute atomic E-state index is 0. The Kier molecular flexibility index (Phi) is 13.6. The quantitative estimate of drug-likeness (QED) is 0.226. The lowest BCUT2D eigenvalue weighted by molar-refractivity contribution is 0.0281. The molecular formula is C20H39IN4O3. The van der Waals surface area contributed by atoms with Crippen molar-refractivity contribution < 1.29 is 14.3 Å². The van der Waals surface area contributed by atoms with Crippen molar-refractivity contribution in [3.05, 3.63) is 0 Å². The fraction of sp³-hybridized carbons (Fsp3) is 0.900. The normalized spacial score (nSPS) is 19.1. The number of guanidine groups is 1. The van der Waals surface area contributed by atoms with Crippen LogP contribution in [0.4, 0.5) is 4.79 Å². The highest BCUT2D eigenvalue weighted by Gasteiger charge is 2.24. The number of halogens is 1. The molecule has 1 amide bonds. The van der Waals surface area contributed by atoms with Gasteiger partial charge >= 0.3 is 6.09 Å². The number of carbonyl (C=O) groups is 1. The van der Waals surface area contributed by atoms with E-state index in [9.17, 15) is 4.79 Å². The van der Waals surface area contributed by atoms with Gasteiger partial charge in [0.25, 0.3) is 0 Å². The van der Waals surface area contributed by atoms with Crippen molar-refractivity contribution in [2.24, 2.45) is 4.99 Å². The number of hydrogen-bond donors (Lipinski definition) is 2. The topological polar surface area (TPSA) is 75.2 Å². The van der Waals surface area contributed by atoms with Gasteiger partial charge in [0.15, 0.2) is 5.96 Å². The van der Waals surface area contributed by atoms with E-state index in [2.05, 4.69) is 22.5 Å². The van der Waals surface area contributed by atoms with Crippen molar-refractivity contribution >= 4 is 36.0 Å². The van der Waals surface area contributed by atoms with Crippen molar-refractivity contribution in [2.45, 2.75) is 77.4 Å². The van der Waals surface area contributed by atoms with Crippen molar-refractivity contribution in [2.75, 3.05) is 39.4 Å². The molecule has 28 heavy (non-hydrogen) atoms. The number of rotatable bonds is 8. The monoisotopic (exact) mass is 510 g/mol. The standard InChI is InChI=1S/C20H38N4O3.HI/c1-3-21-19(22-13-8-16-27-18-9-6-5-7-10-18)23-17-11-14-24(15-12-17)20(25)26-4-2;/h17-18H,3-16H2,1-2H3,(H2,21,22,23);1H. The summed E-state index contributed by atoms with van der Waals surface area (Å²) in [5.41, 5.74) is 0. The minimum atomic E-state index is -0.200. The van der Waals surface area contributed by atoms with E-state index in [0.29, 0.717) is 18.8 Å². The number of aliphatic imine (C=N–C) groups is 1. The largest absolute Gasteiger partial charge is 0.450 e. The van der Waals surface area contributed by atoms with E-state index in [1.165, 1.54) is 32.1 Å². The molecule has 164 valence electrons. The van der Waals surface area contributed by atoms with Crippen molar-refractivity contribution in [3.8, 4) is 0 Å². The lowest BCUT2D eigenvalue weighted by atomic mass is 9.98. The van der Waals surface area contributed by atoms with E-state index in [1.807, 2.05) is 6.92 Å². The molecule has 0 aromatic heterocycles. The molecule has 2 fully saturated rings. The van der Waals surface area contributed by atoms with Crippen LogP contribution in [-0.4, -0.2) is 68.5 Å². The van der Waals surface area contributed by atoms with Crippen LogP contribution in [0.25, 0.3) is 0 Å². The molecule has 0 bridgehead atoms. The van der Waals surface area contributed by atoms with Crippen molar-refractivity contribution in [1.29, 1.82) is 0 Å². The van der Waals surface area contributed by atoms with Crippen LogP contribution in [0.5, 0.6) is 0 Å². The van der Waals surface area contributed by atoms with Gasteiger partial charge in [-0.15, -0.1) is 24.0 Å². The van der Waals surface area contributed by atoms with E-state index in [-0.39, 0.29) is 30.1 Å². The van der Waals surface area contributed by atoms with Gasteiger partial charge in [0.1, 0.15) is 0 Å². The third kappa shape index (κ3) is 9.62. The van der Waals surface area contributed by atoms with Crippen LogP contribution in [0, 0.1) is 0 Å². The summed E-state index contributed by atoms with van der Waals surface area (Å²) in [6.45, 7) is 8.20. The zero-order valence-electron chi connectivity index (χ0n) is 17.6. The molecule has 1 aliphatic heterocycles. The fourth-order valence-electron chi connectivity index (χ4n) is 3.67. The number of ether oxygens (including phenoxy) is 2. The maximum absolute atomic E-state index is 11.8. The molecule has 0 aromatic rings. The molecule has 2 rings (SSSR count). The van der Waals surface area contributed by atoms with Crippen LogP contribution in [0.15, 0.2) is 4.99 Å². The Morgan fingerprint density at radius 2 is 1.82 bits per heavy atom. The first-order valence-electron chi connectivity index (χ1n) is 10.8. The third-order valence-corrected chi connectivity index (χ3v) is 5.18.